The second-order valence-electron chi connectivity index (χ2n) is 17.0. The van der Waals surface area contributed by atoms with Crippen molar-refractivity contribution in [3.8, 4) is 0 Å². The Kier molecular flexibility index (Phi) is 49.0. The lowest BCUT2D eigenvalue weighted by Gasteiger charge is -2.18. The monoisotopic (exact) mass is 889 g/mol. The van der Waals surface area contributed by atoms with Gasteiger partial charge in [-0.05, 0) is 103 Å². The van der Waals surface area contributed by atoms with Gasteiger partial charge in [0.2, 0.25) is 0 Å². The normalized spacial score (nSPS) is 12.9. The second-order valence-corrected chi connectivity index (χ2v) is 17.0. The van der Waals surface area contributed by atoms with Crippen LogP contribution in [0, 0.1) is 0 Å². The summed E-state index contributed by atoms with van der Waals surface area (Å²) >= 11 is 0. The minimum absolute atomic E-state index is 0.109. The van der Waals surface area contributed by atoms with Gasteiger partial charge in [-0.3, -0.25) is 14.4 Å². The summed E-state index contributed by atoms with van der Waals surface area (Å²) in [6.45, 7) is 6.40. The first-order valence-corrected chi connectivity index (χ1v) is 26.2. The van der Waals surface area contributed by atoms with E-state index in [0.29, 0.717) is 19.3 Å². The Morgan fingerprint density at radius 1 is 0.328 bits per heavy atom. The highest BCUT2D eigenvalue weighted by molar-refractivity contribution is 5.71. The van der Waals surface area contributed by atoms with Crippen LogP contribution < -0.4 is 0 Å². The van der Waals surface area contributed by atoms with Crippen LogP contribution in [-0.4, -0.2) is 37.2 Å². The van der Waals surface area contributed by atoms with Crippen molar-refractivity contribution in [3.63, 3.8) is 0 Å². The predicted octanol–water partition coefficient (Wildman–Crippen LogP) is 17.4. The van der Waals surface area contributed by atoms with E-state index in [1.54, 1.807) is 0 Å². The van der Waals surface area contributed by atoms with Gasteiger partial charge in [-0.1, -0.05) is 208 Å². The van der Waals surface area contributed by atoms with E-state index in [2.05, 4.69) is 112 Å². The Bertz CT molecular complexity index is 1300. The molecule has 0 bridgehead atoms. The van der Waals surface area contributed by atoms with Crippen molar-refractivity contribution in [1.82, 2.24) is 0 Å². The smallest absolute Gasteiger partial charge is 0.306 e. The van der Waals surface area contributed by atoms with Gasteiger partial charge in [-0.15, -0.1) is 0 Å². The van der Waals surface area contributed by atoms with Crippen molar-refractivity contribution in [3.05, 3.63) is 97.2 Å². The van der Waals surface area contributed by atoms with Crippen molar-refractivity contribution in [2.24, 2.45) is 0 Å². The fourth-order valence-electron chi connectivity index (χ4n) is 6.85. The number of unbranched alkanes of at least 4 members (excludes halogenated alkanes) is 19. The molecule has 0 saturated heterocycles. The van der Waals surface area contributed by atoms with Crippen LogP contribution in [0.2, 0.25) is 0 Å². The fourth-order valence-corrected chi connectivity index (χ4v) is 6.85. The van der Waals surface area contributed by atoms with Crippen LogP contribution in [0.25, 0.3) is 0 Å². The molecule has 0 aromatic carbocycles. The van der Waals surface area contributed by atoms with E-state index in [1.807, 2.05) is 6.08 Å². The molecule has 0 N–H and O–H groups in total. The first kappa shape index (κ1) is 60.3. The second kappa shape index (κ2) is 52.0. The number of esters is 3. The molecule has 6 nitrogen and oxygen atoms in total. The van der Waals surface area contributed by atoms with Gasteiger partial charge in [0.25, 0.3) is 0 Å². The molecule has 0 unspecified atom stereocenters. The van der Waals surface area contributed by atoms with Gasteiger partial charge in [0.15, 0.2) is 6.10 Å². The number of rotatable bonds is 46. The van der Waals surface area contributed by atoms with Gasteiger partial charge < -0.3 is 14.2 Å². The van der Waals surface area contributed by atoms with Crippen molar-refractivity contribution in [1.29, 1.82) is 0 Å². The zero-order valence-electron chi connectivity index (χ0n) is 41.5. The Labute approximate surface area is 394 Å². The first-order chi connectivity index (χ1) is 31.5. The van der Waals surface area contributed by atoms with Crippen LogP contribution in [0.1, 0.15) is 233 Å². The van der Waals surface area contributed by atoms with E-state index in [1.165, 1.54) is 83.5 Å². The molecule has 0 spiro atoms. The van der Waals surface area contributed by atoms with E-state index in [0.717, 1.165) is 103 Å². The van der Waals surface area contributed by atoms with Crippen LogP contribution in [0.4, 0.5) is 0 Å². The number of ether oxygens (including phenoxy) is 3. The first-order valence-electron chi connectivity index (χ1n) is 26.2. The maximum atomic E-state index is 12.8. The predicted molar refractivity (Wildman–Crippen MR) is 274 cm³/mol. The summed E-state index contributed by atoms with van der Waals surface area (Å²) in [5, 5.41) is 0. The van der Waals surface area contributed by atoms with Crippen molar-refractivity contribution >= 4 is 17.9 Å². The van der Waals surface area contributed by atoms with E-state index in [9.17, 15) is 14.4 Å². The molecule has 0 radical (unpaired) electrons. The summed E-state index contributed by atoms with van der Waals surface area (Å²) in [4.78, 5) is 37.9. The molecule has 0 fully saturated rings. The number of allylic oxidation sites excluding steroid dienone is 16. The molecule has 0 aliphatic carbocycles. The molecule has 0 amide bonds. The van der Waals surface area contributed by atoms with Crippen LogP contribution >= 0.6 is 0 Å². The van der Waals surface area contributed by atoms with Crippen LogP contribution in [0.3, 0.4) is 0 Å². The van der Waals surface area contributed by atoms with Gasteiger partial charge in [-0.25, -0.2) is 0 Å². The Hall–Kier alpha value is -3.67. The molecular weight excluding hydrogens is 793 g/mol. The summed E-state index contributed by atoms with van der Waals surface area (Å²) in [5.74, 6) is -1.02. The maximum Gasteiger partial charge on any atom is 0.306 e. The molecule has 0 aromatic heterocycles. The van der Waals surface area contributed by atoms with Gasteiger partial charge in [-0.2, -0.15) is 0 Å². The van der Waals surface area contributed by atoms with Gasteiger partial charge in [0.1, 0.15) is 13.2 Å². The summed E-state index contributed by atoms with van der Waals surface area (Å²) < 4.78 is 16.7. The number of hydrogen-bond acceptors (Lipinski definition) is 6. The Morgan fingerprint density at radius 3 is 1.09 bits per heavy atom. The highest BCUT2D eigenvalue weighted by Crippen LogP contribution is 2.13. The third-order valence-electron chi connectivity index (χ3n) is 10.8. The molecule has 0 heterocycles. The third-order valence-corrected chi connectivity index (χ3v) is 10.8. The third kappa shape index (κ3) is 49.3. The maximum absolute atomic E-state index is 12.8. The summed E-state index contributed by atoms with van der Waals surface area (Å²) in [5.41, 5.74) is 0. The molecule has 0 aliphatic heterocycles. The molecule has 0 saturated carbocycles. The molecule has 1 atom stereocenters. The lowest BCUT2D eigenvalue weighted by molar-refractivity contribution is -0.166. The molecule has 0 aromatic rings. The lowest BCUT2D eigenvalue weighted by atomic mass is 10.1. The van der Waals surface area contributed by atoms with E-state index < -0.39 is 6.10 Å². The highest BCUT2D eigenvalue weighted by atomic mass is 16.6. The van der Waals surface area contributed by atoms with Crippen LogP contribution in [0.15, 0.2) is 97.2 Å². The molecule has 364 valence electrons. The van der Waals surface area contributed by atoms with Crippen LogP contribution in [0.5, 0.6) is 0 Å². The SMILES string of the molecule is CC/C=C\C/C=C\C/C=C\C/C=C\C/C=C\C/C=C\CCC(=O)OC[C@@H](COC(=O)CCCCCCC/C=C\CCCC)OC(=O)CCCCCCC/C=C\CCCCCCCCC. The van der Waals surface area contributed by atoms with Gasteiger partial charge in [0.05, 0.1) is 0 Å². The van der Waals surface area contributed by atoms with E-state index in [-0.39, 0.29) is 37.5 Å². The largest absolute Gasteiger partial charge is 0.462 e. The van der Waals surface area contributed by atoms with Crippen molar-refractivity contribution in [2.45, 2.75) is 239 Å². The standard InChI is InChI=1S/C58H96O6/c1-4-7-10-13-16-19-22-24-26-28-29-30-32-33-36-39-42-45-48-51-57(60)63-54-55(53-62-56(59)50-47-44-41-38-35-21-18-15-12-9-6-3)64-58(61)52-49-46-43-40-37-34-31-27-25-23-20-17-14-11-8-5-2/h7,10,15-16,18-19,24,26-27,29-31,33,36,42,45,55H,4-6,8-9,11-14,17,20-23,25,28,32,34-35,37-41,43-44,46-54H2,1-3H3/b10-7-,18-15-,19-16-,26-24-,30-29-,31-27-,36-33-,45-42-/t55-/m1/s1. The van der Waals surface area contributed by atoms with E-state index >= 15 is 0 Å². The number of hydrogen-bond donors (Lipinski definition) is 0. The topological polar surface area (TPSA) is 78.9 Å². The molecule has 6 heteroatoms. The minimum Gasteiger partial charge on any atom is -0.462 e. The summed E-state index contributed by atoms with van der Waals surface area (Å²) in [7, 11) is 0. The zero-order chi connectivity index (χ0) is 46.5. The molecule has 0 rings (SSSR count). The Morgan fingerprint density at radius 2 is 0.656 bits per heavy atom. The molecule has 0 aliphatic rings. The zero-order valence-corrected chi connectivity index (χ0v) is 41.5. The van der Waals surface area contributed by atoms with Crippen molar-refractivity contribution < 1.29 is 28.6 Å². The van der Waals surface area contributed by atoms with E-state index in [4.69, 9.17) is 14.2 Å². The fraction of sp³-hybridized carbons (Fsp3) is 0.672. The van der Waals surface area contributed by atoms with Gasteiger partial charge >= 0.3 is 17.9 Å². The van der Waals surface area contributed by atoms with Gasteiger partial charge in [0, 0.05) is 19.3 Å². The van der Waals surface area contributed by atoms with Crippen LogP contribution in [-0.2, 0) is 28.6 Å². The Balaban J connectivity index is 4.51. The average Bonchev–Trinajstić information content (AvgIpc) is 3.29. The summed E-state index contributed by atoms with van der Waals surface area (Å²) in [6.07, 6.45) is 68.3. The highest BCUT2D eigenvalue weighted by Gasteiger charge is 2.19. The number of carbonyl (C=O) groups is 3. The quantitative estimate of drug-likeness (QED) is 0.0262. The van der Waals surface area contributed by atoms with Crippen molar-refractivity contribution in [2.75, 3.05) is 13.2 Å². The molecular formula is C58H96O6. The average molecular weight is 889 g/mol. The minimum atomic E-state index is -0.815. The lowest BCUT2D eigenvalue weighted by Crippen LogP contribution is -2.30. The number of carbonyl (C=O) groups excluding carboxylic acids is 3. The molecule has 64 heavy (non-hydrogen) atoms. The summed E-state index contributed by atoms with van der Waals surface area (Å²) in [6, 6.07) is 0.